The predicted molar refractivity (Wildman–Crippen MR) is 52.3 cm³/mol. The highest BCUT2D eigenvalue weighted by Gasteiger charge is 2.04. The van der Waals surface area contributed by atoms with Gasteiger partial charge >= 0.3 is 0 Å². The van der Waals surface area contributed by atoms with E-state index in [0.29, 0.717) is 0 Å². The molecule has 1 N–H and O–H groups in total. The largest absolute Gasteiger partial charge is 0.345 e. The molecule has 0 atom stereocenters. The summed E-state index contributed by atoms with van der Waals surface area (Å²) in [7, 11) is 0. The molecule has 2 heteroatoms. The van der Waals surface area contributed by atoms with Gasteiger partial charge in [0, 0.05) is 18.0 Å². The van der Waals surface area contributed by atoms with E-state index in [4.69, 9.17) is 0 Å². The minimum Gasteiger partial charge on any atom is -0.345 e. The molecule has 2 rings (SSSR count). The third-order valence-corrected chi connectivity index (χ3v) is 2.26. The van der Waals surface area contributed by atoms with Crippen molar-refractivity contribution in [1.82, 2.24) is 9.97 Å². The van der Waals surface area contributed by atoms with E-state index in [0.717, 1.165) is 11.4 Å². The molecule has 0 fully saturated rings. The first-order chi connectivity index (χ1) is 6.29. The molecule has 0 unspecified atom stereocenters. The topological polar surface area (TPSA) is 28.7 Å². The highest BCUT2D eigenvalue weighted by atomic mass is 14.9. The maximum atomic E-state index is 4.20. The van der Waals surface area contributed by atoms with Crippen LogP contribution >= 0.6 is 0 Å². The summed E-state index contributed by atoms with van der Waals surface area (Å²) in [5, 5.41) is 0. The molecule has 13 heavy (non-hydrogen) atoms. The van der Waals surface area contributed by atoms with Crippen molar-refractivity contribution < 1.29 is 0 Å². The maximum Gasteiger partial charge on any atom is 0.138 e. The minimum atomic E-state index is 0.890. The number of aromatic amines is 1. The van der Waals surface area contributed by atoms with Gasteiger partial charge in [0.25, 0.3) is 0 Å². The number of hydrogen-bond donors (Lipinski definition) is 1. The zero-order valence-electron chi connectivity index (χ0n) is 7.76. The minimum absolute atomic E-state index is 0.890. The van der Waals surface area contributed by atoms with Gasteiger partial charge in [-0.1, -0.05) is 12.1 Å². The Morgan fingerprint density at radius 2 is 2.23 bits per heavy atom. The number of aromatic nitrogens is 2. The second-order valence-corrected chi connectivity index (χ2v) is 3.10. The van der Waals surface area contributed by atoms with Crippen molar-refractivity contribution in [1.29, 1.82) is 0 Å². The molecule has 2 aromatic rings. The monoisotopic (exact) mass is 171 g/mol. The second-order valence-electron chi connectivity index (χ2n) is 3.10. The van der Waals surface area contributed by atoms with Crippen molar-refractivity contribution in [3.05, 3.63) is 41.7 Å². The van der Waals surface area contributed by atoms with Crippen LogP contribution in [0.4, 0.5) is 0 Å². The van der Waals surface area contributed by atoms with E-state index in [2.05, 4.69) is 35.9 Å². The van der Waals surface area contributed by atoms with Crippen molar-refractivity contribution in [2.24, 2.45) is 0 Å². The van der Waals surface area contributed by atoms with E-state index in [1.165, 1.54) is 11.1 Å². The number of rotatable bonds is 1. The number of hydrogen-bond acceptors (Lipinski definition) is 1. The number of nitrogens with zero attached hydrogens (tertiary/aromatic N) is 1. The Bertz CT molecular complexity index is 402. The SMILES string of the molecule is Cc1cc[c]c(-c2ncc[nH]2)c1C. The molecular weight excluding hydrogens is 160 g/mol. The van der Waals surface area contributed by atoms with Crippen LogP contribution in [-0.4, -0.2) is 9.97 Å². The van der Waals surface area contributed by atoms with E-state index in [1.807, 2.05) is 12.3 Å². The van der Waals surface area contributed by atoms with Crippen molar-refractivity contribution in [2.45, 2.75) is 13.8 Å². The fraction of sp³-hybridized carbons (Fsp3) is 0.182. The molecule has 0 aliphatic carbocycles. The maximum absolute atomic E-state index is 4.20. The van der Waals surface area contributed by atoms with Gasteiger partial charge in [0.05, 0.1) is 0 Å². The first kappa shape index (κ1) is 8.05. The average Bonchev–Trinajstić information content (AvgIpc) is 2.62. The van der Waals surface area contributed by atoms with Gasteiger partial charge in [0.1, 0.15) is 5.82 Å². The molecule has 0 aliphatic heterocycles. The lowest BCUT2D eigenvalue weighted by Gasteiger charge is -2.04. The molecule has 1 aromatic carbocycles. The van der Waals surface area contributed by atoms with Gasteiger partial charge in [-0.3, -0.25) is 0 Å². The molecule has 0 amide bonds. The van der Waals surface area contributed by atoms with Gasteiger partial charge in [-0.2, -0.15) is 0 Å². The highest BCUT2D eigenvalue weighted by Crippen LogP contribution is 2.20. The van der Waals surface area contributed by atoms with Crippen LogP contribution in [0, 0.1) is 19.9 Å². The van der Waals surface area contributed by atoms with Crippen LogP contribution in [0.1, 0.15) is 11.1 Å². The molecule has 65 valence electrons. The van der Waals surface area contributed by atoms with Crippen LogP contribution in [0.5, 0.6) is 0 Å². The van der Waals surface area contributed by atoms with Crippen molar-refractivity contribution >= 4 is 0 Å². The van der Waals surface area contributed by atoms with Gasteiger partial charge in [-0.05, 0) is 31.0 Å². The number of H-pyrrole nitrogens is 1. The molecule has 1 aromatic heterocycles. The fourth-order valence-corrected chi connectivity index (χ4v) is 1.33. The lowest BCUT2D eigenvalue weighted by atomic mass is 10.0. The third-order valence-electron chi connectivity index (χ3n) is 2.26. The normalized spacial score (nSPS) is 10.3. The molecule has 0 aliphatic rings. The van der Waals surface area contributed by atoms with E-state index >= 15 is 0 Å². The number of imidazole rings is 1. The highest BCUT2D eigenvalue weighted by molar-refractivity contribution is 5.60. The summed E-state index contributed by atoms with van der Waals surface area (Å²) < 4.78 is 0. The third kappa shape index (κ3) is 1.35. The smallest absolute Gasteiger partial charge is 0.138 e. The summed E-state index contributed by atoms with van der Waals surface area (Å²) in [6.07, 6.45) is 3.58. The Morgan fingerprint density at radius 1 is 1.38 bits per heavy atom. The second kappa shape index (κ2) is 3.05. The van der Waals surface area contributed by atoms with Gasteiger partial charge < -0.3 is 4.98 Å². The molecule has 0 spiro atoms. The first-order valence-corrected chi connectivity index (χ1v) is 4.26. The molecule has 0 saturated carbocycles. The average molecular weight is 171 g/mol. The molecule has 1 heterocycles. The van der Waals surface area contributed by atoms with E-state index in [1.54, 1.807) is 6.20 Å². The Balaban J connectivity index is 2.59. The Morgan fingerprint density at radius 3 is 2.92 bits per heavy atom. The van der Waals surface area contributed by atoms with Crippen molar-refractivity contribution in [3.63, 3.8) is 0 Å². The fourth-order valence-electron chi connectivity index (χ4n) is 1.33. The van der Waals surface area contributed by atoms with Crippen LogP contribution in [-0.2, 0) is 0 Å². The van der Waals surface area contributed by atoms with Gasteiger partial charge in [-0.15, -0.1) is 0 Å². The summed E-state index contributed by atoms with van der Waals surface area (Å²) in [5.41, 5.74) is 3.56. The van der Waals surface area contributed by atoms with Crippen LogP contribution in [0.3, 0.4) is 0 Å². The van der Waals surface area contributed by atoms with Gasteiger partial charge in [0.2, 0.25) is 0 Å². The standard InChI is InChI=1S/C11H11N2/c1-8-4-3-5-10(9(8)2)11-12-6-7-13-11/h3-4,6-7H,1-2H3,(H,12,13). The molecular formula is C11H11N2. The van der Waals surface area contributed by atoms with Crippen LogP contribution in [0.2, 0.25) is 0 Å². The van der Waals surface area contributed by atoms with Crippen LogP contribution < -0.4 is 0 Å². The summed E-state index contributed by atoms with van der Waals surface area (Å²) in [6, 6.07) is 7.17. The first-order valence-electron chi connectivity index (χ1n) is 4.26. The van der Waals surface area contributed by atoms with E-state index in [9.17, 15) is 0 Å². The Labute approximate surface area is 77.6 Å². The van der Waals surface area contributed by atoms with Crippen LogP contribution in [0.15, 0.2) is 24.5 Å². The lowest BCUT2D eigenvalue weighted by molar-refractivity contribution is 1.26. The Kier molecular flexibility index (Phi) is 1.89. The lowest BCUT2D eigenvalue weighted by Crippen LogP contribution is -1.88. The molecule has 0 saturated heterocycles. The molecule has 1 radical (unpaired) electrons. The summed E-state index contributed by atoms with van der Waals surface area (Å²) in [6.45, 7) is 4.18. The zero-order chi connectivity index (χ0) is 9.26. The van der Waals surface area contributed by atoms with Crippen molar-refractivity contribution in [3.8, 4) is 11.4 Å². The zero-order valence-corrected chi connectivity index (χ0v) is 7.76. The Hall–Kier alpha value is -1.57. The van der Waals surface area contributed by atoms with Crippen molar-refractivity contribution in [2.75, 3.05) is 0 Å². The molecule has 0 bridgehead atoms. The number of nitrogens with one attached hydrogen (secondary N) is 1. The summed E-state index contributed by atoms with van der Waals surface area (Å²) in [4.78, 5) is 7.28. The molecule has 2 nitrogen and oxygen atoms in total. The number of aryl methyl sites for hydroxylation is 1. The van der Waals surface area contributed by atoms with Gasteiger partial charge in [0.15, 0.2) is 0 Å². The van der Waals surface area contributed by atoms with Crippen LogP contribution in [0.25, 0.3) is 11.4 Å². The quantitative estimate of drug-likeness (QED) is 0.701. The number of benzene rings is 1. The predicted octanol–water partition coefficient (Wildman–Crippen LogP) is 2.49. The van der Waals surface area contributed by atoms with Gasteiger partial charge in [-0.25, -0.2) is 4.98 Å². The van der Waals surface area contributed by atoms with E-state index in [-0.39, 0.29) is 0 Å². The summed E-state index contributed by atoms with van der Waals surface area (Å²) in [5.74, 6) is 0.890. The summed E-state index contributed by atoms with van der Waals surface area (Å²) >= 11 is 0. The van der Waals surface area contributed by atoms with E-state index < -0.39 is 0 Å².